The van der Waals surface area contributed by atoms with Gasteiger partial charge in [0.05, 0.1) is 12.2 Å². The quantitative estimate of drug-likeness (QED) is 0.779. The van der Waals surface area contributed by atoms with Gasteiger partial charge in [-0.05, 0) is 23.6 Å². The van der Waals surface area contributed by atoms with Gasteiger partial charge in [-0.2, -0.15) is 5.10 Å². The van der Waals surface area contributed by atoms with Crippen LogP contribution in [0.2, 0.25) is 5.02 Å². The van der Waals surface area contributed by atoms with E-state index in [4.69, 9.17) is 17.3 Å². The largest absolute Gasteiger partial charge is 0.383 e. The molecule has 106 valence electrons. The summed E-state index contributed by atoms with van der Waals surface area (Å²) in [6.45, 7) is 2.05. The van der Waals surface area contributed by atoms with Gasteiger partial charge in [-0.15, -0.1) is 0 Å². The zero-order chi connectivity index (χ0) is 14.8. The summed E-state index contributed by atoms with van der Waals surface area (Å²) >= 11 is 5.96. The van der Waals surface area contributed by atoms with Crippen LogP contribution < -0.4 is 5.73 Å². The van der Waals surface area contributed by atoms with Crippen molar-refractivity contribution in [1.82, 2.24) is 9.78 Å². The van der Waals surface area contributed by atoms with E-state index in [9.17, 15) is 0 Å². The fourth-order valence-corrected chi connectivity index (χ4v) is 2.52. The number of halogens is 1. The number of benzene rings is 2. The molecule has 0 aliphatic rings. The van der Waals surface area contributed by atoms with Crippen molar-refractivity contribution in [3.63, 3.8) is 0 Å². The number of rotatable bonds is 3. The standard InChI is InChI=1S/C17H16ClN3/c1-12(21-17(19)16(18)11-20-21)13-7-9-15(10-8-13)14-5-3-2-4-6-14/h2-12H,19H2,1H3. The minimum atomic E-state index is 0.0438. The summed E-state index contributed by atoms with van der Waals surface area (Å²) in [5.74, 6) is 0.497. The van der Waals surface area contributed by atoms with E-state index in [1.807, 2.05) is 18.2 Å². The molecule has 1 aromatic heterocycles. The molecule has 2 N–H and O–H groups in total. The first-order valence-corrected chi connectivity index (χ1v) is 7.18. The molecular formula is C17H16ClN3. The van der Waals surface area contributed by atoms with Gasteiger partial charge < -0.3 is 5.73 Å². The van der Waals surface area contributed by atoms with Crippen molar-refractivity contribution in [2.45, 2.75) is 13.0 Å². The van der Waals surface area contributed by atoms with Gasteiger partial charge in [0.15, 0.2) is 0 Å². The van der Waals surface area contributed by atoms with Gasteiger partial charge in [0, 0.05) is 0 Å². The van der Waals surface area contributed by atoms with Crippen LogP contribution in [0.1, 0.15) is 18.5 Å². The molecule has 0 saturated heterocycles. The van der Waals surface area contributed by atoms with Crippen LogP contribution in [0.3, 0.4) is 0 Å². The Hall–Kier alpha value is -2.26. The zero-order valence-electron chi connectivity index (χ0n) is 11.7. The summed E-state index contributed by atoms with van der Waals surface area (Å²) < 4.78 is 1.74. The highest BCUT2D eigenvalue weighted by molar-refractivity contribution is 6.32. The van der Waals surface area contributed by atoms with Crippen LogP contribution in [0.4, 0.5) is 5.82 Å². The Bertz CT molecular complexity index is 732. The maximum Gasteiger partial charge on any atom is 0.141 e. The van der Waals surface area contributed by atoms with Crippen LogP contribution >= 0.6 is 11.6 Å². The monoisotopic (exact) mass is 297 g/mol. The van der Waals surface area contributed by atoms with Gasteiger partial charge in [0.25, 0.3) is 0 Å². The second-order valence-electron chi connectivity index (χ2n) is 4.99. The molecule has 3 nitrogen and oxygen atoms in total. The molecule has 1 unspecified atom stereocenters. The van der Waals surface area contributed by atoms with Gasteiger partial charge >= 0.3 is 0 Å². The lowest BCUT2D eigenvalue weighted by Crippen LogP contribution is -2.11. The Balaban J connectivity index is 1.89. The molecule has 0 aliphatic carbocycles. The maximum absolute atomic E-state index is 5.96. The Kier molecular flexibility index (Phi) is 3.67. The summed E-state index contributed by atoms with van der Waals surface area (Å²) in [7, 11) is 0. The van der Waals surface area contributed by atoms with E-state index in [1.165, 1.54) is 11.1 Å². The fraction of sp³-hybridized carbons (Fsp3) is 0.118. The Morgan fingerprint density at radius 3 is 2.19 bits per heavy atom. The first kappa shape index (κ1) is 13.7. The number of nitrogens with two attached hydrogens (primary N) is 1. The molecule has 0 spiro atoms. The van der Waals surface area contributed by atoms with E-state index < -0.39 is 0 Å². The average Bonchev–Trinajstić information content (AvgIpc) is 2.87. The molecule has 3 aromatic rings. The van der Waals surface area contributed by atoms with Crippen molar-refractivity contribution in [1.29, 1.82) is 0 Å². The zero-order valence-corrected chi connectivity index (χ0v) is 12.5. The third-order valence-electron chi connectivity index (χ3n) is 3.65. The van der Waals surface area contributed by atoms with Crippen LogP contribution in [-0.2, 0) is 0 Å². The third-order valence-corrected chi connectivity index (χ3v) is 3.95. The number of nitrogen functional groups attached to an aromatic ring is 1. The Morgan fingerprint density at radius 1 is 1.00 bits per heavy atom. The van der Waals surface area contributed by atoms with Crippen LogP contribution in [0, 0.1) is 0 Å². The molecule has 0 fully saturated rings. The number of hydrogen-bond acceptors (Lipinski definition) is 2. The highest BCUT2D eigenvalue weighted by atomic mass is 35.5. The number of anilines is 1. The highest BCUT2D eigenvalue weighted by Crippen LogP contribution is 2.27. The molecule has 3 rings (SSSR count). The molecule has 0 aliphatic heterocycles. The minimum Gasteiger partial charge on any atom is -0.383 e. The number of hydrogen-bond donors (Lipinski definition) is 1. The molecular weight excluding hydrogens is 282 g/mol. The van der Waals surface area contributed by atoms with Crippen molar-refractivity contribution in [3.05, 3.63) is 71.4 Å². The van der Waals surface area contributed by atoms with E-state index in [1.54, 1.807) is 10.9 Å². The Labute approximate surface area is 129 Å². The van der Waals surface area contributed by atoms with Gasteiger partial charge in [-0.3, -0.25) is 0 Å². The summed E-state index contributed by atoms with van der Waals surface area (Å²) in [5, 5.41) is 4.72. The summed E-state index contributed by atoms with van der Waals surface area (Å²) in [5.41, 5.74) is 9.47. The van der Waals surface area contributed by atoms with Crippen LogP contribution in [0.15, 0.2) is 60.8 Å². The van der Waals surface area contributed by atoms with E-state index in [0.29, 0.717) is 10.8 Å². The van der Waals surface area contributed by atoms with E-state index >= 15 is 0 Å². The molecule has 2 aromatic carbocycles. The molecule has 0 saturated carbocycles. The Morgan fingerprint density at radius 2 is 1.62 bits per heavy atom. The SMILES string of the molecule is CC(c1ccc(-c2ccccc2)cc1)n1ncc(Cl)c1N. The second-order valence-corrected chi connectivity index (χ2v) is 5.39. The number of nitrogens with zero attached hydrogens (tertiary/aromatic N) is 2. The third kappa shape index (κ3) is 2.65. The summed E-state index contributed by atoms with van der Waals surface area (Å²) in [6, 6.07) is 18.8. The predicted octanol–water partition coefficient (Wildman–Crippen LogP) is 4.40. The lowest BCUT2D eigenvalue weighted by Gasteiger charge is -2.15. The molecule has 1 heterocycles. The fourth-order valence-electron chi connectivity index (χ4n) is 2.39. The van der Waals surface area contributed by atoms with Crippen molar-refractivity contribution in [2.75, 3.05) is 5.73 Å². The van der Waals surface area contributed by atoms with E-state index in [0.717, 1.165) is 5.56 Å². The lowest BCUT2D eigenvalue weighted by molar-refractivity contribution is 0.573. The van der Waals surface area contributed by atoms with E-state index in [2.05, 4.69) is 48.4 Å². The van der Waals surface area contributed by atoms with Gasteiger partial charge in [-0.1, -0.05) is 66.2 Å². The second kappa shape index (κ2) is 5.62. The van der Waals surface area contributed by atoms with E-state index in [-0.39, 0.29) is 6.04 Å². The van der Waals surface area contributed by atoms with Crippen molar-refractivity contribution < 1.29 is 0 Å². The van der Waals surface area contributed by atoms with Crippen LogP contribution in [-0.4, -0.2) is 9.78 Å². The van der Waals surface area contributed by atoms with Crippen LogP contribution in [0.5, 0.6) is 0 Å². The molecule has 21 heavy (non-hydrogen) atoms. The normalized spacial score (nSPS) is 12.3. The summed E-state index contributed by atoms with van der Waals surface area (Å²) in [6.07, 6.45) is 1.58. The minimum absolute atomic E-state index is 0.0438. The molecule has 4 heteroatoms. The smallest absolute Gasteiger partial charge is 0.141 e. The maximum atomic E-state index is 5.96. The van der Waals surface area contributed by atoms with Crippen molar-refractivity contribution in [2.24, 2.45) is 0 Å². The number of aromatic nitrogens is 2. The topological polar surface area (TPSA) is 43.8 Å². The lowest BCUT2D eigenvalue weighted by atomic mass is 10.0. The van der Waals surface area contributed by atoms with Gasteiger partial charge in [0.2, 0.25) is 0 Å². The summed E-state index contributed by atoms with van der Waals surface area (Å²) in [4.78, 5) is 0. The molecule has 0 bridgehead atoms. The highest BCUT2D eigenvalue weighted by Gasteiger charge is 2.13. The molecule has 0 radical (unpaired) electrons. The first-order chi connectivity index (χ1) is 10.2. The molecule has 1 atom stereocenters. The molecule has 0 amide bonds. The average molecular weight is 298 g/mol. The van der Waals surface area contributed by atoms with Crippen molar-refractivity contribution in [3.8, 4) is 11.1 Å². The first-order valence-electron chi connectivity index (χ1n) is 6.80. The van der Waals surface area contributed by atoms with Gasteiger partial charge in [0.1, 0.15) is 10.8 Å². The van der Waals surface area contributed by atoms with Gasteiger partial charge in [-0.25, -0.2) is 4.68 Å². The predicted molar refractivity (Wildman–Crippen MR) is 87.3 cm³/mol. The van der Waals surface area contributed by atoms with Crippen molar-refractivity contribution >= 4 is 17.4 Å². The van der Waals surface area contributed by atoms with Crippen LogP contribution in [0.25, 0.3) is 11.1 Å².